The lowest BCUT2D eigenvalue weighted by molar-refractivity contribution is -0.384. The van der Waals surface area contributed by atoms with E-state index < -0.39 is 4.92 Å². The van der Waals surface area contributed by atoms with Gasteiger partial charge in [-0.05, 0) is 12.1 Å². The molecule has 5 nitrogen and oxygen atoms in total. The summed E-state index contributed by atoms with van der Waals surface area (Å²) in [6.07, 6.45) is -0.310. The highest BCUT2D eigenvalue weighted by Gasteiger charge is 2.27. The molecule has 0 saturated carbocycles. The van der Waals surface area contributed by atoms with Gasteiger partial charge in [0.05, 0.1) is 11.0 Å². The van der Waals surface area contributed by atoms with E-state index in [9.17, 15) is 15.2 Å². The van der Waals surface area contributed by atoms with E-state index in [1.165, 1.54) is 12.1 Å². The Morgan fingerprint density at radius 2 is 2.00 bits per heavy atom. The number of β-amino-alcohol motifs (C(OH)–C–C–N with tert-alkyl or cyclic N) is 1. The lowest BCUT2D eigenvalue weighted by Gasteiger charge is -2.17. The number of aliphatic hydroxyl groups is 1. The van der Waals surface area contributed by atoms with Gasteiger partial charge in [-0.2, -0.15) is 0 Å². The molecule has 2 atom stereocenters. The van der Waals surface area contributed by atoms with Crippen LogP contribution in [0.5, 0.6) is 0 Å². The molecule has 1 aromatic rings. The topological polar surface area (TPSA) is 66.6 Å². The van der Waals surface area contributed by atoms with Gasteiger partial charge in [-0.25, -0.2) is 0 Å². The van der Waals surface area contributed by atoms with Crippen molar-refractivity contribution in [3.8, 4) is 0 Å². The van der Waals surface area contributed by atoms with E-state index in [-0.39, 0.29) is 17.7 Å². The van der Waals surface area contributed by atoms with Crippen LogP contribution in [0.4, 0.5) is 11.4 Å². The highest BCUT2D eigenvalue weighted by molar-refractivity contribution is 5.51. The molecule has 1 aromatic carbocycles. The molecule has 1 aliphatic rings. The molecule has 0 unspecified atom stereocenters. The van der Waals surface area contributed by atoms with Crippen molar-refractivity contribution in [1.82, 2.24) is 0 Å². The van der Waals surface area contributed by atoms with Gasteiger partial charge in [0.2, 0.25) is 0 Å². The summed E-state index contributed by atoms with van der Waals surface area (Å²) < 4.78 is 0. The zero-order valence-corrected chi connectivity index (χ0v) is 9.04. The van der Waals surface area contributed by atoms with E-state index in [1.807, 2.05) is 11.8 Å². The Morgan fingerprint density at radius 3 is 2.44 bits per heavy atom. The first kappa shape index (κ1) is 10.9. The van der Waals surface area contributed by atoms with Crippen LogP contribution in [0.1, 0.15) is 6.92 Å². The minimum atomic E-state index is -0.411. The molecule has 1 aliphatic heterocycles. The first-order chi connectivity index (χ1) is 7.58. The van der Waals surface area contributed by atoms with Crippen LogP contribution in [-0.2, 0) is 0 Å². The smallest absolute Gasteiger partial charge is 0.269 e. The Balaban J connectivity index is 2.14. The molecule has 1 fully saturated rings. The first-order valence-electron chi connectivity index (χ1n) is 5.25. The van der Waals surface area contributed by atoms with Gasteiger partial charge >= 0.3 is 0 Å². The summed E-state index contributed by atoms with van der Waals surface area (Å²) in [5.74, 6) is 0.246. The van der Waals surface area contributed by atoms with Crippen molar-refractivity contribution < 1.29 is 10.0 Å². The molecule has 16 heavy (non-hydrogen) atoms. The second-order valence-electron chi connectivity index (χ2n) is 4.22. The average molecular weight is 222 g/mol. The third-order valence-corrected chi connectivity index (χ3v) is 3.00. The van der Waals surface area contributed by atoms with Crippen molar-refractivity contribution in [3.63, 3.8) is 0 Å². The predicted octanol–water partition coefficient (Wildman–Crippen LogP) is 1.41. The van der Waals surface area contributed by atoms with E-state index in [0.29, 0.717) is 6.54 Å². The van der Waals surface area contributed by atoms with Crippen LogP contribution < -0.4 is 4.90 Å². The summed E-state index contributed by atoms with van der Waals surface area (Å²) in [7, 11) is 0. The highest BCUT2D eigenvalue weighted by atomic mass is 16.6. The number of anilines is 1. The molecular formula is C11H14N2O3. The number of hydrogen-bond acceptors (Lipinski definition) is 4. The Kier molecular flexibility index (Phi) is 2.78. The zero-order valence-electron chi connectivity index (χ0n) is 9.04. The van der Waals surface area contributed by atoms with Crippen LogP contribution in [0, 0.1) is 16.0 Å². The number of nitro groups is 1. The average Bonchev–Trinajstić information content (AvgIpc) is 2.59. The molecule has 0 bridgehead atoms. The molecule has 5 heteroatoms. The van der Waals surface area contributed by atoms with Crippen molar-refractivity contribution >= 4 is 11.4 Å². The van der Waals surface area contributed by atoms with Crippen LogP contribution in [0.15, 0.2) is 24.3 Å². The molecule has 1 saturated heterocycles. The third kappa shape index (κ3) is 1.99. The highest BCUT2D eigenvalue weighted by Crippen LogP contribution is 2.25. The van der Waals surface area contributed by atoms with Crippen LogP contribution in [0.2, 0.25) is 0 Å². The van der Waals surface area contributed by atoms with Gasteiger partial charge in [-0.15, -0.1) is 0 Å². The minimum Gasteiger partial charge on any atom is -0.391 e. The largest absolute Gasteiger partial charge is 0.391 e. The molecule has 0 aliphatic carbocycles. The number of non-ortho nitro benzene ring substituents is 1. The van der Waals surface area contributed by atoms with Gasteiger partial charge in [-0.1, -0.05) is 6.92 Å². The number of aliphatic hydroxyl groups excluding tert-OH is 1. The number of benzene rings is 1. The van der Waals surface area contributed by atoms with Crippen LogP contribution >= 0.6 is 0 Å². The summed E-state index contributed by atoms with van der Waals surface area (Å²) >= 11 is 0. The fourth-order valence-electron chi connectivity index (χ4n) is 1.95. The molecule has 1 heterocycles. The van der Waals surface area contributed by atoms with E-state index >= 15 is 0 Å². The van der Waals surface area contributed by atoms with Crippen molar-refractivity contribution in [2.24, 2.45) is 5.92 Å². The summed E-state index contributed by atoms with van der Waals surface area (Å²) in [4.78, 5) is 12.1. The van der Waals surface area contributed by atoms with Gasteiger partial charge in [0, 0.05) is 36.8 Å². The summed E-state index contributed by atoms with van der Waals surface area (Å²) in [5.41, 5.74) is 1.02. The summed E-state index contributed by atoms with van der Waals surface area (Å²) in [5, 5.41) is 20.1. The monoisotopic (exact) mass is 222 g/mol. The maximum Gasteiger partial charge on any atom is 0.269 e. The van der Waals surface area contributed by atoms with Gasteiger partial charge < -0.3 is 10.0 Å². The maximum atomic E-state index is 10.5. The Bertz CT molecular complexity index is 381. The second-order valence-corrected chi connectivity index (χ2v) is 4.22. The van der Waals surface area contributed by atoms with Crippen molar-refractivity contribution in [2.75, 3.05) is 18.0 Å². The Hall–Kier alpha value is -1.62. The second kappa shape index (κ2) is 4.09. The molecular weight excluding hydrogens is 208 g/mol. The predicted molar refractivity (Wildman–Crippen MR) is 60.5 cm³/mol. The molecule has 0 radical (unpaired) electrons. The van der Waals surface area contributed by atoms with E-state index in [2.05, 4.69) is 0 Å². The molecule has 0 spiro atoms. The lowest BCUT2D eigenvalue weighted by Crippen LogP contribution is -2.20. The molecule has 2 rings (SSSR count). The van der Waals surface area contributed by atoms with Crippen LogP contribution in [0.25, 0.3) is 0 Å². The van der Waals surface area contributed by atoms with E-state index in [1.54, 1.807) is 12.1 Å². The van der Waals surface area contributed by atoms with Crippen molar-refractivity contribution in [1.29, 1.82) is 0 Å². The van der Waals surface area contributed by atoms with Crippen molar-refractivity contribution in [2.45, 2.75) is 13.0 Å². The third-order valence-electron chi connectivity index (χ3n) is 3.00. The molecule has 1 N–H and O–H groups in total. The fourth-order valence-corrected chi connectivity index (χ4v) is 1.95. The van der Waals surface area contributed by atoms with Gasteiger partial charge in [-0.3, -0.25) is 10.1 Å². The fraction of sp³-hybridized carbons (Fsp3) is 0.455. The van der Waals surface area contributed by atoms with Gasteiger partial charge in [0.15, 0.2) is 0 Å². The lowest BCUT2D eigenvalue weighted by atomic mass is 10.1. The summed E-state index contributed by atoms with van der Waals surface area (Å²) in [6.45, 7) is 3.38. The van der Waals surface area contributed by atoms with Gasteiger partial charge in [0.1, 0.15) is 0 Å². The van der Waals surface area contributed by atoms with Crippen LogP contribution in [0.3, 0.4) is 0 Å². The normalized spacial score (nSPS) is 24.8. The number of rotatable bonds is 2. The number of nitrogens with zero attached hydrogens (tertiary/aromatic N) is 2. The maximum absolute atomic E-state index is 10.5. The van der Waals surface area contributed by atoms with Crippen LogP contribution in [-0.4, -0.2) is 29.2 Å². The zero-order chi connectivity index (χ0) is 11.7. The summed E-state index contributed by atoms with van der Waals surface area (Å²) in [6, 6.07) is 6.43. The van der Waals surface area contributed by atoms with E-state index in [4.69, 9.17) is 0 Å². The molecule has 86 valence electrons. The van der Waals surface area contributed by atoms with E-state index in [0.717, 1.165) is 12.2 Å². The quantitative estimate of drug-likeness (QED) is 0.607. The Labute approximate surface area is 93.5 Å². The SMILES string of the molecule is C[C@H]1CN(c2ccc([N+](=O)[O-])cc2)C[C@H]1O. The molecule has 0 amide bonds. The van der Waals surface area contributed by atoms with Gasteiger partial charge in [0.25, 0.3) is 5.69 Å². The minimum absolute atomic E-state index is 0.0940. The van der Waals surface area contributed by atoms with Crippen molar-refractivity contribution in [3.05, 3.63) is 34.4 Å². The standard InChI is InChI=1S/C11H14N2O3/c1-8-6-12(7-11(8)14)9-2-4-10(5-3-9)13(15)16/h2-5,8,11,14H,6-7H2,1H3/t8-,11+/m0/s1. The Morgan fingerprint density at radius 1 is 1.38 bits per heavy atom. The first-order valence-corrected chi connectivity index (χ1v) is 5.25. The molecule has 0 aromatic heterocycles. The number of hydrogen-bond donors (Lipinski definition) is 1. The number of nitro benzene ring substituents is 1.